The highest BCUT2D eigenvalue weighted by Gasteiger charge is 2.30. The summed E-state index contributed by atoms with van der Waals surface area (Å²) in [5, 5.41) is 4.06. The van der Waals surface area contributed by atoms with Crippen molar-refractivity contribution in [2.24, 2.45) is 11.8 Å². The maximum absolute atomic E-state index is 4.06. The molecule has 2 rings (SSSR count). The van der Waals surface area contributed by atoms with E-state index in [9.17, 15) is 0 Å². The van der Waals surface area contributed by atoms with E-state index in [1.54, 1.807) is 0 Å². The van der Waals surface area contributed by atoms with Gasteiger partial charge in [0.2, 0.25) is 0 Å². The van der Waals surface area contributed by atoms with Crippen molar-refractivity contribution in [1.29, 1.82) is 0 Å². The van der Waals surface area contributed by atoms with Crippen LogP contribution in [0, 0.1) is 11.8 Å². The zero-order valence-electron chi connectivity index (χ0n) is 21.9. The molecule has 184 valence electrons. The van der Waals surface area contributed by atoms with Crippen LogP contribution in [0.3, 0.4) is 0 Å². The quantitative estimate of drug-likeness (QED) is 0.231. The molecule has 0 amide bonds. The normalized spacial score (nSPS) is 29.7. The average molecular weight is 450 g/mol. The zero-order chi connectivity index (χ0) is 23.6. The predicted molar refractivity (Wildman–Crippen MR) is 148 cm³/mol. The summed E-state index contributed by atoms with van der Waals surface area (Å²) in [5.74, 6) is 1.69. The van der Waals surface area contributed by atoms with Gasteiger partial charge in [-0.1, -0.05) is 140 Å². The van der Waals surface area contributed by atoms with Gasteiger partial charge in [-0.3, -0.25) is 0 Å². The van der Waals surface area contributed by atoms with Gasteiger partial charge in [-0.05, 0) is 49.3 Å². The van der Waals surface area contributed by atoms with E-state index in [-0.39, 0.29) is 0 Å². The fourth-order valence-corrected chi connectivity index (χ4v) is 5.46. The molecule has 0 aromatic rings. The average Bonchev–Trinajstić information content (AvgIpc) is 3.04. The molecule has 2 aliphatic rings. The largest absolute Gasteiger partial charge is 0.382 e. The summed E-state index contributed by atoms with van der Waals surface area (Å²) in [6.07, 6.45) is 41.1. The van der Waals surface area contributed by atoms with Crippen molar-refractivity contribution in [2.75, 3.05) is 0 Å². The van der Waals surface area contributed by atoms with Crippen LogP contribution in [-0.2, 0) is 0 Å². The molecule has 3 unspecified atom stereocenters. The molecule has 0 bridgehead atoms. The molecule has 1 saturated carbocycles. The molecule has 0 aromatic heterocycles. The molecule has 0 aliphatic heterocycles. The first-order chi connectivity index (χ1) is 16.2. The maximum atomic E-state index is 4.06. The zero-order valence-corrected chi connectivity index (χ0v) is 21.9. The van der Waals surface area contributed by atoms with E-state index in [0.717, 1.165) is 11.8 Å². The lowest BCUT2D eigenvalue weighted by Gasteiger charge is -2.34. The van der Waals surface area contributed by atoms with Crippen LogP contribution in [0.15, 0.2) is 72.0 Å². The van der Waals surface area contributed by atoms with E-state index < -0.39 is 0 Å². The molecule has 1 heteroatoms. The summed E-state index contributed by atoms with van der Waals surface area (Å²) in [7, 11) is 0. The molecule has 0 spiro atoms. The summed E-state index contributed by atoms with van der Waals surface area (Å²) in [6, 6.07) is 0.598. The molecule has 3 atom stereocenters. The van der Waals surface area contributed by atoms with Crippen LogP contribution in [-0.4, -0.2) is 6.04 Å². The van der Waals surface area contributed by atoms with Gasteiger partial charge in [0.1, 0.15) is 0 Å². The first kappa shape index (κ1) is 27.5. The van der Waals surface area contributed by atoms with Crippen LogP contribution >= 0.6 is 0 Å². The number of hydrogen-bond acceptors (Lipinski definition) is 1. The Morgan fingerprint density at radius 3 is 2.21 bits per heavy atom. The Morgan fingerprint density at radius 1 is 0.758 bits per heavy atom. The maximum Gasteiger partial charge on any atom is 0.0345 e. The van der Waals surface area contributed by atoms with Crippen molar-refractivity contribution in [3.63, 3.8) is 0 Å². The van der Waals surface area contributed by atoms with Gasteiger partial charge in [0.25, 0.3) is 0 Å². The molecule has 0 heterocycles. The Bertz CT molecular complexity index is 687. The van der Waals surface area contributed by atoms with E-state index in [0.29, 0.717) is 6.04 Å². The predicted octanol–water partition coefficient (Wildman–Crippen LogP) is 9.76. The van der Waals surface area contributed by atoms with Crippen molar-refractivity contribution in [3.05, 3.63) is 72.0 Å². The Kier molecular flexibility index (Phi) is 14.7. The minimum atomic E-state index is 0.598. The summed E-state index contributed by atoms with van der Waals surface area (Å²) in [6.45, 7) is 6.88. The second-order valence-corrected chi connectivity index (χ2v) is 10.2. The molecule has 0 aromatic carbocycles. The lowest BCUT2D eigenvalue weighted by Crippen LogP contribution is -2.38. The monoisotopic (exact) mass is 449 g/mol. The smallest absolute Gasteiger partial charge is 0.0345 e. The van der Waals surface area contributed by atoms with Gasteiger partial charge in [0.05, 0.1) is 0 Å². The van der Waals surface area contributed by atoms with Crippen molar-refractivity contribution in [3.8, 4) is 0 Å². The van der Waals surface area contributed by atoms with Gasteiger partial charge in [0, 0.05) is 11.7 Å². The number of allylic oxidation sites excluding steroid dienone is 11. The molecular formula is C32H51N. The van der Waals surface area contributed by atoms with Crippen LogP contribution in [0.1, 0.15) is 111 Å². The minimum Gasteiger partial charge on any atom is -0.382 e. The minimum absolute atomic E-state index is 0.598. The summed E-state index contributed by atoms with van der Waals surface area (Å²) in [4.78, 5) is 0. The van der Waals surface area contributed by atoms with Gasteiger partial charge < -0.3 is 5.32 Å². The molecular weight excluding hydrogens is 398 g/mol. The van der Waals surface area contributed by atoms with Crippen LogP contribution in [0.2, 0.25) is 0 Å². The van der Waals surface area contributed by atoms with Crippen LogP contribution in [0.4, 0.5) is 0 Å². The van der Waals surface area contributed by atoms with E-state index >= 15 is 0 Å². The fourth-order valence-electron chi connectivity index (χ4n) is 5.46. The molecule has 1 fully saturated rings. The molecule has 2 aliphatic carbocycles. The van der Waals surface area contributed by atoms with E-state index in [1.807, 2.05) is 0 Å². The summed E-state index contributed by atoms with van der Waals surface area (Å²) < 4.78 is 0. The highest BCUT2D eigenvalue weighted by atomic mass is 14.9. The van der Waals surface area contributed by atoms with Crippen molar-refractivity contribution >= 4 is 0 Å². The first-order valence-electron chi connectivity index (χ1n) is 14.1. The third-order valence-corrected chi connectivity index (χ3v) is 7.32. The SMILES string of the molecule is CCCCCCCC(CCCC)C1CCCCCC1NC1=C/C=C\C=C/C=C\C=C/C(C)=C\1. The van der Waals surface area contributed by atoms with Crippen molar-refractivity contribution < 1.29 is 0 Å². The highest BCUT2D eigenvalue weighted by molar-refractivity contribution is 5.33. The standard InChI is InChI=1S/C32H51N/c1-4-6-8-12-17-23-29(22-7-5-2)31-25-19-15-20-26-32(31)33-30-24-18-14-11-9-10-13-16-21-28(3)27-30/h9-11,13-14,16,18,21,24,27,29,31-33H,4-8,12,15,17,19-20,22-23,25-26H2,1-3H3/b10-9?,11-9-,13-10-,14-11?,16-13?,18-14-,21-16-,24-18?,28-21?,28-27-,30-24+,30-27?. The fraction of sp³-hybridized carbons (Fsp3) is 0.625. The number of nitrogens with one attached hydrogen (secondary N) is 1. The highest BCUT2D eigenvalue weighted by Crippen LogP contribution is 2.36. The lowest BCUT2D eigenvalue weighted by atomic mass is 9.77. The van der Waals surface area contributed by atoms with Gasteiger partial charge in [-0.25, -0.2) is 0 Å². The van der Waals surface area contributed by atoms with Crippen LogP contribution in [0.5, 0.6) is 0 Å². The van der Waals surface area contributed by atoms with Crippen molar-refractivity contribution in [1.82, 2.24) is 5.32 Å². The Hall–Kier alpha value is -1.76. The molecule has 1 N–H and O–H groups in total. The molecule has 0 radical (unpaired) electrons. The molecule has 1 nitrogen and oxygen atoms in total. The molecule has 33 heavy (non-hydrogen) atoms. The van der Waals surface area contributed by atoms with Crippen molar-refractivity contribution in [2.45, 2.75) is 117 Å². The van der Waals surface area contributed by atoms with E-state index in [2.05, 4.69) is 86.8 Å². The van der Waals surface area contributed by atoms with Gasteiger partial charge in [-0.15, -0.1) is 0 Å². The Morgan fingerprint density at radius 2 is 1.42 bits per heavy atom. The first-order valence-corrected chi connectivity index (χ1v) is 14.1. The third-order valence-electron chi connectivity index (χ3n) is 7.32. The van der Waals surface area contributed by atoms with E-state index in [1.165, 1.54) is 101 Å². The number of unbranched alkanes of at least 4 members (excludes halogenated alkanes) is 5. The topological polar surface area (TPSA) is 12.0 Å². The second kappa shape index (κ2) is 17.7. The van der Waals surface area contributed by atoms with Gasteiger partial charge in [0.15, 0.2) is 0 Å². The van der Waals surface area contributed by atoms with Crippen LogP contribution < -0.4 is 5.32 Å². The Labute approximate surface area is 205 Å². The summed E-state index contributed by atoms with van der Waals surface area (Å²) >= 11 is 0. The van der Waals surface area contributed by atoms with Crippen LogP contribution in [0.25, 0.3) is 0 Å². The number of rotatable bonds is 12. The summed E-state index contributed by atoms with van der Waals surface area (Å²) in [5.41, 5.74) is 2.56. The molecule has 0 saturated heterocycles. The van der Waals surface area contributed by atoms with Gasteiger partial charge in [-0.2, -0.15) is 0 Å². The lowest BCUT2D eigenvalue weighted by molar-refractivity contribution is 0.211. The second-order valence-electron chi connectivity index (χ2n) is 10.2. The number of hydrogen-bond donors (Lipinski definition) is 1. The van der Waals surface area contributed by atoms with E-state index in [4.69, 9.17) is 0 Å². The van der Waals surface area contributed by atoms with Gasteiger partial charge >= 0.3 is 0 Å². The third kappa shape index (κ3) is 11.8. The Balaban J connectivity index is 2.16.